The topological polar surface area (TPSA) is 95.5 Å². The highest BCUT2D eigenvalue weighted by Gasteiger charge is 2.21. The number of benzene rings is 1. The largest absolute Gasteiger partial charge is 0.478 e. The van der Waals surface area contributed by atoms with Gasteiger partial charge in [-0.05, 0) is 25.0 Å². The molecule has 0 saturated heterocycles. The van der Waals surface area contributed by atoms with E-state index in [1.165, 1.54) is 7.05 Å². The Morgan fingerprint density at radius 1 is 1.10 bits per heavy atom. The van der Waals surface area contributed by atoms with E-state index in [2.05, 4.69) is 10.6 Å². The maximum Gasteiger partial charge on any atom is 0.336 e. The third-order valence-corrected chi connectivity index (χ3v) is 2.98. The van der Waals surface area contributed by atoms with Gasteiger partial charge < -0.3 is 15.7 Å². The third kappa shape index (κ3) is 3.57. The molecule has 0 saturated carbocycles. The van der Waals surface area contributed by atoms with Crippen LogP contribution in [0.5, 0.6) is 0 Å². The first-order valence-corrected chi connectivity index (χ1v) is 6.20. The minimum absolute atomic E-state index is 0.00226. The molecule has 6 nitrogen and oxygen atoms in total. The first kappa shape index (κ1) is 15.7. The van der Waals surface area contributed by atoms with E-state index in [-0.39, 0.29) is 30.0 Å². The van der Waals surface area contributed by atoms with Crippen molar-refractivity contribution in [2.24, 2.45) is 0 Å². The summed E-state index contributed by atoms with van der Waals surface area (Å²) in [5, 5.41) is 14.2. The average Bonchev–Trinajstić information content (AvgIpc) is 2.40. The Kier molecular flexibility index (Phi) is 5.25. The van der Waals surface area contributed by atoms with Crippen LogP contribution in [0.1, 0.15) is 38.3 Å². The minimum atomic E-state index is -1.14. The zero-order valence-electron chi connectivity index (χ0n) is 11.7. The summed E-state index contributed by atoms with van der Waals surface area (Å²) in [6, 6.07) is 3.37. The van der Waals surface area contributed by atoms with Crippen LogP contribution in [0.2, 0.25) is 0 Å². The summed E-state index contributed by atoms with van der Waals surface area (Å²) in [5.41, 5.74) is 1.27. The normalized spacial score (nSPS) is 9.95. The Labute approximate surface area is 117 Å². The van der Waals surface area contributed by atoms with Crippen LogP contribution in [0.4, 0.5) is 0 Å². The van der Waals surface area contributed by atoms with Crippen LogP contribution in [0.25, 0.3) is 0 Å². The number of hydrogen-bond donors (Lipinski definition) is 3. The van der Waals surface area contributed by atoms with Crippen molar-refractivity contribution >= 4 is 17.8 Å². The molecule has 0 aliphatic carbocycles. The molecule has 0 aromatic heterocycles. The zero-order chi connectivity index (χ0) is 15.3. The molecule has 3 N–H and O–H groups in total. The molecule has 1 rings (SSSR count). The first-order valence-electron chi connectivity index (χ1n) is 6.20. The average molecular weight is 278 g/mol. The van der Waals surface area contributed by atoms with Gasteiger partial charge in [-0.15, -0.1) is 0 Å². The van der Waals surface area contributed by atoms with Gasteiger partial charge in [-0.25, -0.2) is 4.79 Å². The van der Waals surface area contributed by atoms with Gasteiger partial charge in [0, 0.05) is 20.0 Å². The monoisotopic (exact) mass is 278 g/mol. The fourth-order valence-electron chi connectivity index (χ4n) is 1.88. The summed E-state index contributed by atoms with van der Waals surface area (Å²) in [6.07, 6.45) is 0.148. The van der Waals surface area contributed by atoms with Gasteiger partial charge in [-0.3, -0.25) is 9.59 Å². The highest BCUT2D eigenvalue weighted by Crippen LogP contribution is 2.18. The van der Waals surface area contributed by atoms with E-state index in [9.17, 15) is 19.5 Å². The molecule has 2 amide bonds. The van der Waals surface area contributed by atoms with E-state index in [4.69, 9.17) is 0 Å². The quantitative estimate of drug-likeness (QED) is 0.744. The molecule has 0 bridgehead atoms. The van der Waals surface area contributed by atoms with Crippen LogP contribution < -0.4 is 10.6 Å². The smallest absolute Gasteiger partial charge is 0.336 e. The molecule has 20 heavy (non-hydrogen) atoms. The van der Waals surface area contributed by atoms with E-state index >= 15 is 0 Å². The Hall–Kier alpha value is -2.37. The van der Waals surface area contributed by atoms with E-state index in [1.54, 1.807) is 26.0 Å². The van der Waals surface area contributed by atoms with Gasteiger partial charge >= 0.3 is 5.97 Å². The van der Waals surface area contributed by atoms with Crippen molar-refractivity contribution in [1.82, 2.24) is 10.6 Å². The number of carboxylic acid groups (broad SMARTS) is 1. The van der Waals surface area contributed by atoms with Crippen molar-refractivity contribution in [3.63, 3.8) is 0 Å². The summed E-state index contributed by atoms with van der Waals surface area (Å²) in [4.78, 5) is 34.5. The van der Waals surface area contributed by atoms with Crippen LogP contribution in [0.15, 0.2) is 12.1 Å². The number of hydrogen-bond acceptors (Lipinski definition) is 3. The fraction of sp³-hybridized carbons (Fsp3) is 0.357. The van der Waals surface area contributed by atoms with E-state index in [1.807, 2.05) is 0 Å². The molecule has 0 unspecified atom stereocenters. The summed E-state index contributed by atoms with van der Waals surface area (Å²) >= 11 is 0. The molecule has 1 aromatic carbocycles. The number of amides is 2. The first-order chi connectivity index (χ1) is 9.38. The van der Waals surface area contributed by atoms with Crippen LogP contribution in [0.3, 0.4) is 0 Å². The SMILES string of the molecule is CNC(=O)CCNC(=O)c1c(C)ccc(C)c1C(=O)O. The second-order valence-corrected chi connectivity index (χ2v) is 4.43. The van der Waals surface area contributed by atoms with Crippen molar-refractivity contribution in [1.29, 1.82) is 0 Å². The molecular formula is C14H18N2O4. The summed E-state index contributed by atoms with van der Waals surface area (Å²) in [5.74, 6) is -1.81. The van der Waals surface area contributed by atoms with Crippen LogP contribution in [-0.4, -0.2) is 36.5 Å². The van der Waals surface area contributed by atoms with Crippen molar-refractivity contribution in [2.75, 3.05) is 13.6 Å². The summed E-state index contributed by atoms with van der Waals surface area (Å²) in [7, 11) is 1.51. The molecule has 0 fully saturated rings. The number of nitrogens with one attached hydrogen (secondary N) is 2. The van der Waals surface area contributed by atoms with E-state index < -0.39 is 11.9 Å². The molecule has 0 atom stereocenters. The predicted octanol–water partition coefficient (Wildman–Crippen LogP) is 0.868. The van der Waals surface area contributed by atoms with Crippen molar-refractivity contribution in [3.05, 3.63) is 34.4 Å². The maximum absolute atomic E-state index is 12.1. The molecule has 0 aliphatic heterocycles. The highest BCUT2D eigenvalue weighted by atomic mass is 16.4. The van der Waals surface area contributed by atoms with Gasteiger partial charge in [0.2, 0.25) is 5.91 Å². The molecule has 0 aliphatic rings. The standard InChI is InChI=1S/C14H18N2O4/c1-8-4-5-9(2)12(14(19)20)11(8)13(18)16-7-6-10(17)15-3/h4-5H,6-7H2,1-3H3,(H,15,17)(H,16,18)(H,19,20). The second-order valence-electron chi connectivity index (χ2n) is 4.43. The lowest BCUT2D eigenvalue weighted by Gasteiger charge is -2.12. The van der Waals surface area contributed by atoms with E-state index in [0.29, 0.717) is 11.1 Å². The lowest BCUT2D eigenvalue weighted by atomic mass is 9.96. The van der Waals surface area contributed by atoms with Crippen LogP contribution in [-0.2, 0) is 4.79 Å². The molecule has 0 spiro atoms. The van der Waals surface area contributed by atoms with Gasteiger partial charge in [0.05, 0.1) is 11.1 Å². The number of carbonyl (C=O) groups excluding carboxylic acids is 2. The van der Waals surface area contributed by atoms with Gasteiger partial charge in [-0.2, -0.15) is 0 Å². The minimum Gasteiger partial charge on any atom is -0.478 e. The van der Waals surface area contributed by atoms with Crippen LogP contribution in [0, 0.1) is 13.8 Å². The second kappa shape index (κ2) is 6.70. The van der Waals surface area contributed by atoms with Gasteiger partial charge in [0.1, 0.15) is 0 Å². The van der Waals surface area contributed by atoms with Gasteiger partial charge in [0.25, 0.3) is 5.91 Å². The van der Waals surface area contributed by atoms with Crippen molar-refractivity contribution in [2.45, 2.75) is 20.3 Å². The number of aromatic carboxylic acids is 1. The third-order valence-electron chi connectivity index (χ3n) is 2.98. The molecule has 6 heteroatoms. The lowest BCUT2D eigenvalue weighted by molar-refractivity contribution is -0.120. The summed E-state index contributed by atoms with van der Waals surface area (Å²) < 4.78 is 0. The van der Waals surface area contributed by atoms with Gasteiger partial charge in [-0.1, -0.05) is 12.1 Å². The summed E-state index contributed by atoms with van der Waals surface area (Å²) in [6.45, 7) is 3.48. The van der Waals surface area contributed by atoms with E-state index in [0.717, 1.165) is 0 Å². The number of aryl methyl sites for hydroxylation is 2. The fourth-order valence-corrected chi connectivity index (χ4v) is 1.88. The number of rotatable bonds is 5. The Balaban J connectivity index is 2.95. The zero-order valence-corrected chi connectivity index (χ0v) is 11.7. The Morgan fingerprint density at radius 2 is 1.65 bits per heavy atom. The Bertz CT molecular complexity index is 552. The predicted molar refractivity (Wildman–Crippen MR) is 73.9 cm³/mol. The number of carboxylic acids is 1. The molecular weight excluding hydrogens is 260 g/mol. The molecule has 0 heterocycles. The van der Waals surface area contributed by atoms with Crippen molar-refractivity contribution < 1.29 is 19.5 Å². The molecule has 108 valence electrons. The highest BCUT2D eigenvalue weighted by molar-refractivity contribution is 6.06. The lowest BCUT2D eigenvalue weighted by Crippen LogP contribution is -2.31. The molecule has 0 radical (unpaired) electrons. The maximum atomic E-state index is 12.1. The number of carbonyl (C=O) groups is 3. The van der Waals surface area contributed by atoms with Gasteiger partial charge in [0.15, 0.2) is 0 Å². The Morgan fingerprint density at radius 3 is 2.15 bits per heavy atom. The molecule has 1 aromatic rings. The van der Waals surface area contributed by atoms with Crippen LogP contribution >= 0.6 is 0 Å². The van der Waals surface area contributed by atoms with Crippen molar-refractivity contribution in [3.8, 4) is 0 Å².